The summed E-state index contributed by atoms with van der Waals surface area (Å²) >= 11 is 6.02. The standard InChI is InChI=1S/C25H29ClF6N4O4/c1-17(18-5-2-6-19(26)15-18)33-36(16-20(37)38)12-4-11-35-10-3-7-23(35)8-13-34(14-9-23)22(39)40-21(24(27,28)29)25(30,31)32/h2,4-6,12,15,21H,3,7-11,13-14,16H2,1H3,(H,37,38)/b12-4+,33-17+. The number of ether oxygens (including phenoxy) is 1. The summed E-state index contributed by atoms with van der Waals surface area (Å²) in [5.41, 5.74) is 0.868. The minimum Gasteiger partial charge on any atom is -0.480 e. The molecule has 0 aliphatic carbocycles. The van der Waals surface area contributed by atoms with Crippen LogP contribution in [0.4, 0.5) is 31.1 Å². The zero-order valence-electron chi connectivity index (χ0n) is 21.5. The molecule has 0 radical (unpaired) electrons. The average molecular weight is 599 g/mol. The Kier molecular flexibility index (Phi) is 9.99. The number of rotatable bonds is 8. The van der Waals surface area contributed by atoms with Crippen molar-refractivity contribution in [2.75, 3.05) is 32.7 Å². The van der Waals surface area contributed by atoms with Crippen LogP contribution >= 0.6 is 11.6 Å². The maximum absolute atomic E-state index is 12.8. The van der Waals surface area contributed by atoms with Crippen LogP contribution in [-0.2, 0) is 9.53 Å². The van der Waals surface area contributed by atoms with Gasteiger partial charge in [0.2, 0.25) is 0 Å². The lowest BCUT2D eigenvalue weighted by Crippen LogP contribution is -2.55. The van der Waals surface area contributed by atoms with Gasteiger partial charge in [-0.25, -0.2) is 4.79 Å². The van der Waals surface area contributed by atoms with Crippen LogP contribution < -0.4 is 0 Å². The second kappa shape index (κ2) is 12.7. The molecular weight excluding hydrogens is 570 g/mol. The lowest BCUT2D eigenvalue weighted by Gasteiger charge is -2.44. The van der Waals surface area contributed by atoms with E-state index in [4.69, 9.17) is 11.6 Å². The Bertz CT molecular complexity index is 1110. The minimum atomic E-state index is -5.77. The molecule has 2 aliphatic rings. The molecule has 2 fully saturated rings. The van der Waals surface area contributed by atoms with Crippen LogP contribution in [0.1, 0.15) is 38.2 Å². The van der Waals surface area contributed by atoms with E-state index in [0.29, 0.717) is 36.7 Å². The Balaban J connectivity index is 1.62. The van der Waals surface area contributed by atoms with Crippen molar-refractivity contribution in [2.45, 2.75) is 56.6 Å². The van der Waals surface area contributed by atoms with Gasteiger partial charge in [0.25, 0.3) is 6.10 Å². The van der Waals surface area contributed by atoms with Crippen molar-refractivity contribution in [1.82, 2.24) is 14.8 Å². The SMILES string of the molecule is C/C(=N\N(/C=C/CN1CCCC12CCN(C(=O)OC(C(F)(F)F)C(F)(F)F)CC2)CC(=O)O)c1cccc(Cl)c1. The molecule has 3 rings (SSSR count). The summed E-state index contributed by atoms with van der Waals surface area (Å²) < 4.78 is 80.5. The zero-order valence-corrected chi connectivity index (χ0v) is 22.3. The summed E-state index contributed by atoms with van der Waals surface area (Å²) in [6.45, 7) is 2.28. The zero-order chi connectivity index (χ0) is 29.7. The summed E-state index contributed by atoms with van der Waals surface area (Å²) in [6.07, 6.45) is -11.9. The molecule has 2 saturated heterocycles. The van der Waals surface area contributed by atoms with Crippen LogP contribution in [0, 0.1) is 0 Å². The van der Waals surface area contributed by atoms with E-state index in [-0.39, 0.29) is 13.1 Å². The second-order valence-corrected chi connectivity index (χ2v) is 10.1. The van der Waals surface area contributed by atoms with Crippen LogP contribution in [0.15, 0.2) is 41.6 Å². The molecule has 1 spiro atoms. The number of aliphatic carboxylic acids is 1. The van der Waals surface area contributed by atoms with Crippen molar-refractivity contribution in [1.29, 1.82) is 0 Å². The highest BCUT2D eigenvalue weighted by atomic mass is 35.5. The second-order valence-electron chi connectivity index (χ2n) is 9.68. The minimum absolute atomic E-state index is 0.0598. The molecule has 40 heavy (non-hydrogen) atoms. The van der Waals surface area contributed by atoms with Gasteiger partial charge in [-0.2, -0.15) is 31.4 Å². The fraction of sp³-hybridized carbons (Fsp3) is 0.560. The molecule has 0 saturated carbocycles. The first-order valence-electron chi connectivity index (χ1n) is 12.4. The maximum Gasteiger partial charge on any atom is 0.434 e. The average Bonchev–Trinajstić information content (AvgIpc) is 3.22. The van der Waals surface area contributed by atoms with E-state index in [1.165, 1.54) is 11.2 Å². The third-order valence-corrected chi connectivity index (χ3v) is 7.16. The van der Waals surface area contributed by atoms with Gasteiger partial charge in [-0.1, -0.05) is 29.8 Å². The first-order chi connectivity index (χ1) is 18.6. The van der Waals surface area contributed by atoms with Gasteiger partial charge in [-0.05, 0) is 56.8 Å². The van der Waals surface area contributed by atoms with Gasteiger partial charge >= 0.3 is 24.4 Å². The Morgan fingerprint density at radius 2 is 1.80 bits per heavy atom. The first-order valence-corrected chi connectivity index (χ1v) is 12.8. The number of piperidine rings is 1. The third kappa shape index (κ3) is 8.26. The van der Waals surface area contributed by atoms with Crippen molar-refractivity contribution >= 4 is 29.4 Å². The van der Waals surface area contributed by atoms with Crippen LogP contribution in [0.5, 0.6) is 0 Å². The first kappa shape index (κ1) is 31.5. The van der Waals surface area contributed by atoms with Gasteiger partial charge < -0.3 is 14.7 Å². The van der Waals surface area contributed by atoms with E-state index in [9.17, 15) is 41.0 Å². The molecule has 2 heterocycles. The molecule has 1 N–H and O–H groups in total. The molecule has 1 aromatic rings. The summed E-state index contributed by atoms with van der Waals surface area (Å²) in [7, 11) is 0. The molecule has 0 bridgehead atoms. The molecule has 0 atom stereocenters. The van der Waals surface area contributed by atoms with Crippen molar-refractivity contribution in [3.63, 3.8) is 0 Å². The highest BCUT2D eigenvalue weighted by Gasteiger charge is 2.60. The summed E-state index contributed by atoms with van der Waals surface area (Å²) in [4.78, 5) is 26.5. The Labute approximate surface area is 231 Å². The van der Waals surface area contributed by atoms with E-state index in [1.807, 2.05) is 0 Å². The highest BCUT2D eigenvalue weighted by Crippen LogP contribution is 2.40. The fourth-order valence-corrected chi connectivity index (χ4v) is 5.16. The molecule has 15 heteroatoms. The highest BCUT2D eigenvalue weighted by molar-refractivity contribution is 6.31. The predicted octanol–water partition coefficient (Wildman–Crippen LogP) is 5.52. The fourth-order valence-electron chi connectivity index (χ4n) is 4.97. The number of hydrazone groups is 1. The number of carbonyl (C=O) groups excluding carboxylic acids is 1. The number of nitrogens with zero attached hydrogens (tertiary/aromatic N) is 4. The van der Waals surface area contributed by atoms with Gasteiger partial charge in [0, 0.05) is 36.4 Å². The van der Waals surface area contributed by atoms with Gasteiger partial charge in [0.05, 0.1) is 5.71 Å². The third-order valence-electron chi connectivity index (χ3n) is 6.93. The number of carboxylic acids is 1. The van der Waals surface area contributed by atoms with Crippen LogP contribution in [0.3, 0.4) is 0 Å². The van der Waals surface area contributed by atoms with Crippen molar-refractivity contribution in [2.24, 2.45) is 5.10 Å². The quantitative estimate of drug-likeness (QED) is 0.241. The van der Waals surface area contributed by atoms with Crippen molar-refractivity contribution in [3.8, 4) is 0 Å². The number of halogens is 7. The molecule has 222 valence electrons. The van der Waals surface area contributed by atoms with E-state index >= 15 is 0 Å². The Morgan fingerprint density at radius 3 is 2.38 bits per heavy atom. The lowest BCUT2D eigenvalue weighted by atomic mass is 9.85. The smallest absolute Gasteiger partial charge is 0.434 e. The summed E-state index contributed by atoms with van der Waals surface area (Å²) in [5.74, 6) is -1.09. The molecule has 8 nitrogen and oxygen atoms in total. The molecule has 0 aromatic heterocycles. The van der Waals surface area contributed by atoms with Crippen LogP contribution in [0.2, 0.25) is 5.02 Å². The van der Waals surface area contributed by atoms with Crippen molar-refractivity contribution < 1.29 is 45.8 Å². The number of amides is 1. The summed E-state index contributed by atoms with van der Waals surface area (Å²) in [5, 5.41) is 15.4. The van der Waals surface area contributed by atoms with Gasteiger partial charge in [0.1, 0.15) is 6.54 Å². The van der Waals surface area contributed by atoms with E-state index in [1.54, 1.807) is 37.3 Å². The number of likely N-dealkylation sites (tertiary alicyclic amines) is 2. The largest absolute Gasteiger partial charge is 0.480 e. The summed E-state index contributed by atoms with van der Waals surface area (Å²) in [6, 6.07) is 6.94. The van der Waals surface area contributed by atoms with Crippen molar-refractivity contribution in [3.05, 3.63) is 47.1 Å². The van der Waals surface area contributed by atoms with Gasteiger partial charge in [0.15, 0.2) is 0 Å². The lowest BCUT2D eigenvalue weighted by molar-refractivity contribution is -0.308. The van der Waals surface area contributed by atoms with Gasteiger partial charge in [-0.15, -0.1) is 0 Å². The topological polar surface area (TPSA) is 85.7 Å². The molecule has 2 aliphatic heterocycles. The molecular formula is C25H29ClF6N4O4. The number of carboxylic acid groups (broad SMARTS) is 1. The Morgan fingerprint density at radius 1 is 1.15 bits per heavy atom. The molecule has 1 aromatic carbocycles. The predicted molar refractivity (Wildman–Crippen MR) is 134 cm³/mol. The van der Waals surface area contributed by atoms with E-state index in [0.717, 1.165) is 23.3 Å². The number of hydrogen-bond donors (Lipinski definition) is 1. The maximum atomic E-state index is 12.8. The van der Waals surface area contributed by atoms with Crippen LogP contribution in [0.25, 0.3) is 0 Å². The van der Waals surface area contributed by atoms with Gasteiger partial charge in [-0.3, -0.25) is 14.7 Å². The monoisotopic (exact) mass is 598 g/mol. The molecule has 1 amide bonds. The number of hydrogen-bond acceptors (Lipinski definition) is 6. The number of carbonyl (C=O) groups is 2. The Hall–Kier alpha value is -3.00. The van der Waals surface area contributed by atoms with Crippen LogP contribution in [-0.4, -0.2) is 94.4 Å². The molecule has 0 unspecified atom stereocenters. The van der Waals surface area contributed by atoms with E-state index < -0.39 is 42.6 Å². The number of benzene rings is 1. The normalized spacial score (nSPS) is 18.6. The van der Waals surface area contributed by atoms with E-state index in [2.05, 4.69) is 14.7 Å². The number of alkyl halides is 6.